The number of nitrogens with zero attached hydrogens (tertiary/aromatic N) is 3. The highest BCUT2D eigenvalue weighted by molar-refractivity contribution is 6.24. The first-order valence-corrected chi connectivity index (χ1v) is 11.0. The van der Waals surface area contributed by atoms with E-state index in [1.54, 1.807) is 45.5 Å². The average molecular weight is 485 g/mol. The molecule has 11 heteroatoms. The Morgan fingerprint density at radius 3 is 2.40 bits per heavy atom. The second-order valence-corrected chi connectivity index (χ2v) is 9.63. The van der Waals surface area contributed by atoms with Crippen LogP contribution in [0.4, 0.5) is 5.69 Å². The lowest BCUT2D eigenvalue weighted by molar-refractivity contribution is -0.148. The van der Waals surface area contributed by atoms with Gasteiger partial charge in [0.25, 0.3) is 5.91 Å². The molecule has 1 aromatic carbocycles. The molecule has 0 radical (unpaired) electrons. The highest BCUT2D eigenvalue weighted by Gasteiger charge is 2.63. The number of amides is 1. The van der Waals surface area contributed by atoms with E-state index in [4.69, 9.17) is 5.73 Å². The number of Topliss-reactive ketones (excluding diaryl/α,β-unsaturated/α-hetero) is 2. The molecule has 1 aromatic rings. The van der Waals surface area contributed by atoms with Crippen LogP contribution in [0.2, 0.25) is 0 Å². The number of rotatable bonds is 4. The molecule has 0 aromatic heterocycles. The zero-order valence-electron chi connectivity index (χ0n) is 19.8. The minimum atomic E-state index is -2.65. The van der Waals surface area contributed by atoms with Crippen molar-refractivity contribution in [3.8, 4) is 5.75 Å². The molecule has 3 aliphatic rings. The molecule has 35 heavy (non-hydrogen) atoms. The van der Waals surface area contributed by atoms with Crippen molar-refractivity contribution in [3.63, 3.8) is 0 Å². The molecule has 6 N–H and O–H groups in total. The number of carbonyl (C=O) groups is 3. The Balaban J connectivity index is 1.94. The number of aliphatic hydroxyl groups excluding tert-OH is 2. The third-order valence-corrected chi connectivity index (χ3v) is 7.01. The third-order valence-electron chi connectivity index (χ3n) is 7.01. The monoisotopic (exact) mass is 484 g/mol. The van der Waals surface area contributed by atoms with E-state index in [-0.39, 0.29) is 29.7 Å². The number of carbonyl (C=O) groups excluding carboxylic acids is 3. The lowest BCUT2D eigenvalue weighted by Crippen LogP contribution is -2.63. The maximum absolute atomic E-state index is 13.6. The molecule has 0 spiro atoms. The summed E-state index contributed by atoms with van der Waals surface area (Å²) in [6.45, 7) is 0. The zero-order chi connectivity index (χ0) is 26.0. The highest BCUT2D eigenvalue weighted by Crippen LogP contribution is 2.53. The molecule has 0 saturated carbocycles. The molecular formula is C24H28N4O7. The van der Waals surface area contributed by atoms with Crippen molar-refractivity contribution in [1.29, 1.82) is 0 Å². The first-order valence-electron chi connectivity index (χ1n) is 11.0. The van der Waals surface area contributed by atoms with Gasteiger partial charge in [0, 0.05) is 25.6 Å². The second-order valence-electron chi connectivity index (χ2n) is 9.63. The second kappa shape index (κ2) is 8.21. The molecule has 3 aliphatic carbocycles. The van der Waals surface area contributed by atoms with Crippen molar-refractivity contribution in [2.24, 2.45) is 22.6 Å². The van der Waals surface area contributed by atoms with Crippen LogP contribution >= 0.6 is 0 Å². The zero-order valence-corrected chi connectivity index (χ0v) is 19.8. The number of hydrogen-bond acceptors (Lipinski definition) is 9. The van der Waals surface area contributed by atoms with Crippen molar-refractivity contribution >= 4 is 29.5 Å². The van der Waals surface area contributed by atoms with Crippen LogP contribution in [-0.4, -0.2) is 93.9 Å². The molecule has 4 atom stereocenters. The van der Waals surface area contributed by atoms with Crippen molar-refractivity contribution in [1.82, 2.24) is 9.80 Å². The van der Waals surface area contributed by atoms with Crippen LogP contribution in [0.25, 0.3) is 0 Å². The maximum Gasteiger partial charge on any atom is 0.255 e. The molecule has 1 amide bonds. The van der Waals surface area contributed by atoms with E-state index < -0.39 is 58.0 Å². The standard InChI is InChI=1S/C24H28N4O7/c1-27(2)9-26-13-5-6-14(29)16-11(13)7-10-8-12-18(28(3)4)20(31)17(23(25)34)22(33)24(12,35)21(32)15(10)19(16)30/h5-6,9-10,12,18,29,31-32,35H,7-8H2,1-4H3,(H2,25,34)/b26-9+/t10-,12-,18+,24-/m0/s1. The summed E-state index contributed by atoms with van der Waals surface area (Å²) in [4.78, 5) is 46.4. The maximum atomic E-state index is 13.6. The largest absolute Gasteiger partial charge is 0.510 e. The highest BCUT2D eigenvalue weighted by atomic mass is 16.3. The van der Waals surface area contributed by atoms with Crippen LogP contribution in [0, 0.1) is 11.8 Å². The Bertz CT molecular complexity index is 1250. The quantitative estimate of drug-likeness (QED) is 0.229. The van der Waals surface area contributed by atoms with Crippen LogP contribution in [0.15, 0.2) is 39.8 Å². The van der Waals surface area contributed by atoms with Crippen LogP contribution in [0.3, 0.4) is 0 Å². The van der Waals surface area contributed by atoms with E-state index >= 15 is 0 Å². The van der Waals surface area contributed by atoms with Crippen molar-refractivity contribution < 1.29 is 34.8 Å². The van der Waals surface area contributed by atoms with Crippen LogP contribution in [0.1, 0.15) is 22.3 Å². The molecule has 0 heterocycles. The average Bonchev–Trinajstić information content (AvgIpc) is 2.75. The molecular weight excluding hydrogens is 456 g/mol. The van der Waals surface area contributed by atoms with Crippen molar-refractivity contribution in [2.75, 3.05) is 28.2 Å². The predicted molar refractivity (Wildman–Crippen MR) is 126 cm³/mol. The smallest absolute Gasteiger partial charge is 0.255 e. The fourth-order valence-electron chi connectivity index (χ4n) is 5.53. The number of phenols is 1. The van der Waals surface area contributed by atoms with Gasteiger partial charge < -0.3 is 31.1 Å². The summed E-state index contributed by atoms with van der Waals surface area (Å²) in [6.07, 6.45) is 1.76. The summed E-state index contributed by atoms with van der Waals surface area (Å²) >= 11 is 0. The number of aliphatic hydroxyl groups is 3. The summed E-state index contributed by atoms with van der Waals surface area (Å²) in [5.41, 5.74) is 2.50. The minimum absolute atomic E-state index is 0.0260. The van der Waals surface area contributed by atoms with Crippen LogP contribution < -0.4 is 5.73 Å². The molecule has 186 valence electrons. The number of hydrogen-bond donors (Lipinski definition) is 5. The number of allylic oxidation sites excluding steroid dienone is 1. The Hall–Kier alpha value is -3.70. The number of phenolic OH excluding ortho intramolecular Hbond substituents is 1. The molecule has 0 saturated heterocycles. The number of aliphatic imine (C=N–C) groups is 1. The number of benzene rings is 1. The van der Waals surface area contributed by atoms with Crippen LogP contribution in [0.5, 0.6) is 5.75 Å². The number of ketones is 2. The Morgan fingerprint density at radius 1 is 1.17 bits per heavy atom. The van der Waals surface area contributed by atoms with Crippen LogP contribution in [-0.2, 0) is 16.0 Å². The van der Waals surface area contributed by atoms with Gasteiger partial charge in [-0.3, -0.25) is 19.3 Å². The molecule has 0 aliphatic heterocycles. The summed E-state index contributed by atoms with van der Waals surface area (Å²) in [7, 11) is 6.73. The minimum Gasteiger partial charge on any atom is -0.510 e. The van der Waals surface area contributed by atoms with E-state index in [2.05, 4.69) is 4.99 Å². The number of fused-ring (bicyclic) bond motifs is 3. The van der Waals surface area contributed by atoms with E-state index in [0.29, 0.717) is 11.3 Å². The molecule has 0 fully saturated rings. The van der Waals surface area contributed by atoms with E-state index in [1.165, 1.54) is 11.0 Å². The van der Waals surface area contributed by atoms with Gasteiger partial charge in [0.1, 0.15) is 22.8 Å². The number of nitrogens with two attached hydrogens (primary N) is 1. The van der Waals surface area contributed by atoms with E-state index in [1.807, 2.05) is 0 Å². The summed E-state index contributed by atoms with van der Waals surface area (Å²) in [5.74, 6) is -6.79. The van der Waals surface area contributed by atoms with Gasteiger partial charge in [-0.1, -0.05) is 0 Å². The lowest BCUT2D eigenvalue weighted by atomic mass is 9.58. The topological polar surface area (TPSA) is 177 Å². The fraction of sp³-hybridized carbons (Fsp3) is 0.417. The molecule has 0 bridgehead atoms. The fourth-order valence-corrected chi connectivity index (χ4v) is 5.53. The summed E-state index contributed by atoms with van der Waals surface area (Å²) < 4.78 is 0. The number of primary amides is 1. The SMILES string of the molecule is CN(C)/C=N/c1ccc(O)c2c1C[C@H]1C[C@H]3[C@@H](N(C)C)C(O)=C(C(N)=O)C(=O)[C@@]3(O)C(O)=C1C2=O. The van der Waals surface area contributed by atoms with Gasteiger partial charge in [0.2, 0.25) is 5.78 Å². The third kappa shape index (κ3) is 3.41. The van der Waals surface area contributed by atoms with Gasteiger partial charge in [0.05, 0.1) is 23.6 Å². The van der Waals surface area contributed by atoms with E-state index in [9.17, 15) is 34.8 Å². The van der Waals surface area contributed by atoms with Gasteiger partial charge in [-0.05, 0) is 50.6 Å². The molecule has 11 nitrogen and oxygen atoms in total. The van der Waals surface area contributed by atoms with Gasteiger partial charge in [-0.2, -0.15) is 0 Å². The van der Waals surface area contributed by atoms with Gasteiger partial charge in [-0.25, -0.2) is 4.99 Å². The number of aromatic hydroxyl groups is 1. The normalized spacial score (nSPS) is 28.3. The van der Waals surface area contributed by atoms with Crippen molar-refractivity contribution in [2.45, 2.75) is 24.5 Å². The summed E-state index contributed by atoms with van der Waals surface area (Å²) in [5, 5.41) is 44.1. The van der Waals surface area contributed by atoms with Gasteiger partial charge in [-0.15, -0.1) is 0 Å². The molecule has 0 unspecified atom stereocenters. The Kier molecular flexibility index (Phi) is 5.73. The summed E-state index contributed by atoms with van der Waals surface area (Å²) in [6, 6.07) is 1.86. The first kappa shape index (κ1) is 24.4. The molecule has 4 rings (SSSR count). The number of likely N-dealkylation sites (N-methyl/N-ethyl adjacent to an activating group) is 1. The Labute approximate surface area is 201 Å². The first-order chi connectivity index (χ1) is 16.3. The Morgan fingerprint density at radius 2 is 1.83 bits per heavy atom. The lowest BCUT2D eigenvalue weighted by Gasteiger charge is -2.50. The predicted octanol–water partition coefficient (Wildman–Crippen LogP) is 0.342. The van der Waals surface area contributed by atoms with Gasteiger partial charge in [0.15, 0.2) is 11.4 Å². The van der Waals surface area contributed by atoms with Crippen molar-refractivity contribution in [3.05, 3.63) is 45.9 Å². The van der Waals surface area contributed by atoms with E-state index in [0.717, 1.165) is 0 Å². The van der Waals surface area contributed by atoms with Gasteiger partial charge >= 0.3 is 0 Å².